The van der Waals surface area contributed by atoms with Crippen molar-refractivity contribution < 1.29 is 4.42 Å². The summed E-state index contributed by atoms with van der Waals surface area (Å²) in [4.78, 5) is 4.36. The minimum atomic E-state index is 0.512. The molecule has 4 nitrogen and oxygen atoms in total. The van der Waals surface area contributed by atoms with E-state index in [4.69, 9.17) is 10.2 Å². The van der Waals surface area contributed by atoms with Gasteiger partial charge in [-0.3, -0.25) is 0 Å². The van der Waals surface area contributed by atoms with E-state index in [1.54, 1.807) is 0 Å². The molecular weight excluding hydrogens is 190 g/mol. The topological polar surface area (TPSA) is 64.1 Å². The third-order valence-corrected chi connectivity index (χ3v) is 2.89. The van der Waals surface area contributed by atoms with E-state index < -0.39 is 0 Å². The van der Waals surface area contributed by atoms with Crippen molar-refractivity contribution in [2.24, 2.45) is 5.73 Å². The fraction of sp³-hybridized carbons (Fsp3) is 0.727. The van der Waals surface area contributed by atoms with Gasteiger partial charge >= 0.3 is 0 Å². The molecule has 4 heteroatoms. The normalized spacial score (nSPS) is 18.2. The highest BCUT2D eigenvalue weighted by Crippen LogP contribution is 2.24. The number of oxazole rings is 1. The second-order valence-electron chi connectivity index (χ2n) is 4.08. The summed E-state index contributed by atoms with van der Waals surface area (Å²) in [6, 6.07) is 0. The quantitative estimate of drug-likeness (QED) is 0.777. The number of nitrogens with two attached hydrogens (primary N) is 1. The Morgan fingerprint density at radius 3 is 3.00 bits per heavy atom. The predicted octanol–water partition coefficient (Wildman–Crippen LogP) is 1.03. The Balaban J connectivity index is 1.93. The Hall–Kier alpha value is -0.870. The summed E-state index contributed by atoms with van der Waals surface area (Å²) in [6.07, 6.45) is 6.01. The molecule has 1 fully saturated rings. The standard InChI is InChI=1S/C11H19N3O/c12-5-1-2-10-8-14-11(15-10)9-3-6-13-7-4-9/h8-9,13H,1-7,12H2. The second-order valence-corrected chi connectivity index (χ2v) is 4.08. The summed E-state index contributed by atoms with van der Waals surface area (Å²) in [5, 5.41) is 3.34. The summed E-state index contributed by atoms with van der Waals surface area (Å²) in [5.41, 5.74) is 5.46. The van der Waals surface area contributed by atoms with Crippen molar-refractivity contribution >= 4 is 0 Å². The van der Waals surface area contributed by atoms with Gasteiger partial charge in [-0.15, -0.1) is 0 Å². The molecule has 3 N–H and O–H groups in total. The maximum atomic E-state index is 5.73. The molecular formula is C11H19N3O. The van der Waals surface area contributed by atoms with Crippen LogP contribution in [0.25, 0.3) is 0 Å². The van der Waals surface area contributed by atoms with Crippen LogP contribution in [-0.2, 0) is 6.42 Å². The number of piperidine rings is 1. The molecule has 0 saturated carbocycles. The summed E-state index contributed by atoms with van der Waals surface area (Å²) >= 11 is 0. The van der Waals surface area contributed by atoms with E-state index >= 15 is 0 Å². The molecule has 0 bridgehead atoms. The maximum absolute atomic E-state index is 5.73. The lowest BCUT2D eigenvalue weighted by Gasteiger charge is -2.19. The maximum Gasteiger partial charge on any atom is 0.197 e. The van der Waals surface area contributed by atoms with Gasteiger partial charge in [0.25, 0.3) is 0 Å². The molecule has 0 aromatic carbocycles. The average molecular weight is 209 g/mol. The molecule has 1 aromatic heterocycles. The Bertz CT molecular complexity index is 292. The van der Waals surface area contributed by atoms with Crippen LogP contribution in [-0.4, -0.2) is 24.6 Å². The number of hydrogen-bond donors (Lipinski definition) is 2. The van der Waals surface area contributed by atoms with Gasteiger partial charge in [0.05, 0.1) is 6.20 Å². The Kier molecular flexibility index (Phi) is 3.75. The van der Waals surface area contributed by atoms with Crippen LogP contribution in [0.1, 0.15) is 36.8 Å². The summed E-state index contributed by atoms with van der Waals surface area (Å²) in [7, 11) is 0. The van der Waals surface area contributed by atoms with Crippen molar-refractivity contribution in [3.8, 4) is 0 Å². The highest BCUT2D eigenvalue weighted by molar-refractivity contribution is 5.00. The van der Waals surface area contributed by atoms with Gasteiger partial charge in [-0.25, -0.2) is 4.98 Å². The third-order valence-electron chi connectivity index (χ3n) is 2.89. The number of nitrogens with one attached hydrogen (secondary N) is 1. The Morgan fingerprint density at radius 1 is 1.47 bits per heavy atom. The van der Waals surface area contributed by atoms with Crippen LogP contribution in [0.4, 0.5) is 0 Å². The van der Waals surface area contributed by atoms with E-state index in [2.05, 4.69) is 10.3 Å². The van der Waals surface area contributed by atoms with Gasteiger partial charge in [0.1, 0.15) is 5.76 Å². The van der Waals surface area contributed by atoms with Crippen molar-refractivity contribution in [2.45, 2.75) is 31.6 Å². The third kappa shape index (κ3) is 2.79. The molecule has 84 valence electrons. The molecule has 0 radical (unpaired) electrons. The minimum absolute atomic E-state index is 0.512. The first kappa shape index (κ1) is 10.6. The van der Waals surface area contributed by atoms with E-state index in [0.717, 1.165) is 50.4 Å². The monoisotopic (exact) mass is 209 g/mol. The number of aromatic nitrogens is 1. The number of aryl methyl sites for hydroxylation is 1. The smallest absolute Gasteiger partial charge is 0.197 e. The fourth-order valence-electron chi connectivity index (χ4n) is 1.97. The lowest BCUT2D eigenvalue weighted by molar-refractivity contribution is 0.360. The van der Waals surface area contributed by atoms with Crippen LogP contribution >= 0.6 is 0 Å². The van der Waals surface area contributed by atoms with E-state index in [1.165, 1.54) is 0 Å². The molecule has 1 aromatic rings. The van der Waals surface area contributed by atoms with Crippen LogP contribution in [0.15, 0.2) is 10.6 Å². The molecule has 0 amide bonds. The summed E-state index contributed by atoms with van der Waals surface area (Å²) in [5.74, 6) is 2.41. The average Bonchev–Trinajstić information content (AvgIpc) is 2.76. The number of rotatable bonds is 4. The van der Waals surface area contributed by atoms with Gasteiger partial charge in [0.15, 0.2) is 5.89 Å². The molecule has 0 atom stereocenters. The SMILES string of the molecule is NCCCc1cnc(C2CCNCC2)o1. The molecule has 1 saturated heterocycles. The molecule has 1 aliphatic heterocycles. The van der Waals surface area contributed by atoms with E-state index in [0.29, 0.717) is 12.5 Å². The van der Waals surface area contributed by atoms with Crippen LogP contribution < -0.4 is 11.1 Å². The van der Waals surface area contributed by atoms with E-state index in [9.17, 15) is 0 Å². The van der Waals surface area contributed by atoms with Gasteiger partial charge < -0.3 is 15.5 Å². The minimum Gasteiger partial charge on any atom is -0.445 e. The Labute approximate surface area is 90.2 Å². The summed E-state index contributed by atoms with van der Waals surface area (Å²) in [6.45, 7) is 2.86. The lowest BCUT2D eigenvalue weighted by Crippen LogP contribution is -2.26. The summed E-state index contributed by atoms with van der Waals surface area (Å²) < 4.78 is 5.73. The van der Waals surface area contributed by atoms with Gasteiger partial charge in [0.2, 0.25) is 0 Å². The van der Waals surface area contributed by atoms with Crippen molar-refractivity contribution in [3.05, 3.63) is 17.8 Å². The molecule has 0 unspecified atom stereocenters. The molecule has 2 rings (SSSR count). The number of nitrogens with zero attached hydrogens (tertiary/aromatic N) is 1. The zero-order valence-corrected chi connectivity index (χ0v) is 9.04. The largest absolute Gasteiger partial charge is 0.445 e. The van der Waals surface area contributed by atoms with Gasteiger partial charge in [-0.2, -0.15) is 0 Å². The molecule has 2 heterocycles. The predicted molar refractivity (Wildman–Crippen MR) is 58.7 cm³/mol. The van der Waals surface area contributed by atoms with Crippen LogP contribution in [0.3, 0.4) is 0 Å². The van der Waals surface area contributed by atoms with Gasteiger partial charge in [-0.1, -0.05) is 0 Å². The van der Waals surface area contributed by atoms with Crippen molar-refractivity contribution in [2.75, 3.05) is 19.6 Å². The Morgan fingerprint density at radius 2 is 2.27 bits per heavy atom. The van der Waals surface area contributed by atoms with Crippen LogP contribution in [0.5, 0.6) is 0 Å². The van der Waals surface area contributed by atoms with Crippen molar-refractivity contribution in [1.82, 2.24) is 10.3 Å². The molecule has 1 aliphatic rings. The van der Waals surface area contributed by atoms with Crippen molar-refractivity contribution in [1.29, 1.82) is 0 Å². The van der Waals surface area contributed by atoms with Gasteiger partial charge in [0, 0.05) is 12.3 Å². The zero-order chi connectivity index (χ0) is 10.5. The zero-order valence-electron chi connectivity index (χ0n) is 9.04. The van der Waals surface area contributed by atoms with E-state index in [-0.39, 0.29) is 0 Å². The number of hydrogen-bond acceptors (Lipinski definition) is 4. The van der Waals surface area contributed by atoms with E-state index in [1.807, 2.05) is 6.20 Å². The lowest BCUT2D eigenvalue weighted by atomic mass is 9.98. The van der Waals surface area contributed by atoms with Crippen molar-refractivity contribution in [3.63, 3.8) is 0 Å². The first-order valence-corrected chi connectivity index (χ1v) is 5.75. The highest BCUT2D eigenvalue weighted by Gasteiger charge is 2.19. The first-order chi connectivity index (χ1) is 7.40. The highest BCUT2D eigenvalue weighted by atomic mass is 16.4. The van der Waals surface area contributed by atoms with Gasteiger partial charge in [-0.05, 0) is 38.9 Å². The van der Waals surface area contributed by atoms with Crippen LogP contribution in [0, 0.1) is 0 Å². The van der Waals surface area contributed by atoms with Crippen LogP contribution in [0.2, 0.25) is 0 Å². The molecule has 15 heavy (non-hydrogen) atoms. The molecule has 0 aliphatic carbocycles. The molecule has 0 spiro atoms. The second kappa shape index (κ2) is 5.28. The fourth-order valence-corrected chi connectivity index (χ4v) is 1.97. The first-order valence-electron chi connectivity index (χ1n) is 5.75.